The summed E-state index contributed by atoms with van der Waals surface area (Å²) < 4.78 is 0. The number of hydrogen-bond acceptors (Lipinski definition) is 3. The Morgan fingerprint density at radius 1 is 1.19 bits per heavy atom. The molecule has 1 unspecified atom stereocenters. The molecule has 1 atom stereocenters. The van der Waals surface area contributed by atoms with Crippen LogP contribution in [0.3, 0.4) is 0 Å². The smallest absolute Gasteiger partial charge is 0.329 e. The summed E-state index contributed by atoms with van der Waals surface area (Å²) in [5.74, 6) is -1.63. The molecule has 6 nitrogen and oxygen atoms in total. The quantitative estimate of drug-likeness (QED) is 0.736. The number of aliphatic carboxylic acids is 1. The Kier molecular flexibility index (Phi) is 5.46. The van der Waals surface area contributed by atoms with Crippen LogP contribution < -0.4 is 10.6 Å². The first-order valence-electron chi connectivity index (χ1n) is 6.68. The van der Waals surface area contributed by atoms with E-state index >= 15 is 0 Å². The van der Waals surface area contributed by atoms with E-state index < -0.39 is 17.4 Å². The number of carboxylic acids is 1. The molecule has 0 radical (unpaired) electrons. The van der Waals surface area contributed by atoms with Crippen molar-refractivity contribution in [1.82, 2.24) is 10.6 Å². The molecule has 0 bridgehead atoms. The van der Waals surface area contributed by atoms with E-state index in [9.17, 15) is 14.4 Å². The van der Waals surface area contributed by atoms with Crippen molar-refractivity contribution < 1.29 is 19.5 Å². The van der Waals surface area contributed by atoms with Gasteiger partial charge >= 0.3 is 5.97 Å². The molecule has 0 aromatic heterocycles. The predicted octanol–water partition coefficient (Wildman–Crippen LogP) is 1.31. The minimum Gasteiger partial charge on any atom is -0.480 e. The highest BCUT2D eigenvalue weighted by molar-refractivity contribution is 5.97. The van der Waals surface area contributed by atoms with E-state index in [0.717, 1.165) is 5.56 Å². The molecule has 0 aliphatic heterocycles. The molecule has 1 rings (SSSR count). The Labute approximate surface area is 123 Å². The highest BCUT2D eigenvalue weighted by Crippen LogP contribution is 2.12. The van der Waals surface area contributed by atoms with Crippen molar-refractivity contribution >= 4 is 17.8 Å². The number of nitrogens with one attached hydrogen (secondary N) is 2. The van der Waals surface area contributed by atoms with E-state index in [-0.39, 0.29) is 12.3 Å². The summed E-state index contributed by atoms with van der Waals surface area (Å²) in [6.07, 6.45) is 0.286. The van der Waals surface area contributed by atoms with Gasteiger partial charge in [0.05, 0.1) is 0 Å². The first-order valence-corrected chi connectivity index (χ1v) is 6.68. The molecule has 0 fully saturated rings. The number of hydrogen-bond donors (Lipinski definition) is 3. The van der Waals surface area contributed by atoms with Crippen molar-refractivity contribution in [3.05, 3.63) is 35.4 Å². The van der Waals surface area contributed by atoms with Crippen molar-refractivity contribution in [3.63, 3.8) is 0 Å². The first-order chi connectivity index (χ1) is 9.78. The number of carbonyl (C=O) groups is 3. The second-order valence-electron chi connectivity index (χ2n) is 5.05. The van der Waals surface area contributed by atoms with Gasteiger partial charge in [0, 0.05) is 19.0 Å². The molecule has 0 heterocycles. The normalized spacial score (nSPS) is 13.1. The lowest BCUT2D eigenvalue weighted by Crippen LogP contribution is -2.51. The fourth-order valence-corrected chi connectivity index (χ4v) is 1.62. The maximum atomic E-state index is 12.1. The molecule has 1 aromatic rings. The fraction of sp³-hybridized carbons (Fsp3) is 0.400. The number of rotatable bonds is 6. The number of benzene rings is 1. The molecule has 3 N–H and O–H groups in total. The van der Waals surface area contributed by atoms with Crippen LogP contribution in [0.4, 0.5) is 0 Å². The van der Waals surface area contributed by atoms with Gasteiger partial charge in [-0.15, -0.1) is 0 Å². The second-order valence-corrected chi connectivity index (χ2v) is 5.05. The summed E-state index contributed by atoms with van der Waals surface area (Å²) in [5, 5.41) is 14.3. The molecule has 114 valence electrons. The van der Waals surface area contributed by atoms with E-state index in [4.69, 9.17) is 5.11 Å². The lowest BCUT2D eigenvalue weighted by Gasteiger charge is -2.24. The monoisotopic (exact) mass is 292 g/mol. The van der Waals surface area contributed by atoms with Crippen LogP contribution in [0.15, 0.2) is 24.3 Å². The van der Waals surface area contributed by atoms with Crippen molar-refractivity contribution in [3.8, 4) is 0 Å². The lowest BCUT2D eigenvalue weighted by atomic mass is 9.98. The van der Waals surface area contributed by atoms with Gasteiger partial charge in [-0.3, -0.25) is 9.59 Å². The van der Waals surface area contributed by atoms with E-state index in [1.165, 1.54) is 13.8 Å². The molecular weight excluding hydrogens is 272 g/mol. The van der Waals surface area contributed by atoms with Crippen LogP contribution in [0, 0.1) is 0 Å². The van der Waals surface area contributed by atoms with Gasteiger partial charge in [0.1, 0.15) is 5.54 Å². The Hall–Kier alpha value is -2.37. The van der Waals surface area contributed by atoms with E-state index in [1.54, 1.807) is 31.2 Å². The summed E-state index contributed by atoms with van der Waals surface area (Å²) in [7, 11) is 0. The molecule has 0 spiro atoms. The Balaban J connectivity index is 2.75. The average molecular weight is 292 g/mol. The molecule has 1 aromatic carbocycles. The van der Waals surface area contributed by atoms with E-state index in [1.807, 2.05) is 0 Å². The SMILES string of the molecule is CCC(C)(NC(=O)c1ccc(CNC(C)=O)cc1)C(=O)O. The van der Waals surface area contributed by atoms with Gasteiger partial charge in [-0.2, -0.15) is 0 Å². The number of carbonyl (C=O) groups excluding carboxylic acids is 2. The minimum absolute atomic E-state index is 0.128. The summed E-state index contributed by atoms with van der Waals surface area (Å²) in [6, 6.07) is 6.64. The molecule has 2 amide bonds. The maximum Gasteiger partial charge on any atom is 0.329 e. The zero-order chi connectivity index (χ0) is 16.0. The van der Waals surface area contributed by atoms with Gasteiger partial charge in [-0.1, -0.05) is 19.1 Å². The lowest BCUT2D eigenvalue weighted by molar-refractivity contribution is -0.143. The molecule has 6 heteroatoms. The minimum atomic E-state index is -1.29. The molecule has 21 heavy (non-hydrogen) atoms. The van der Waals surface area contributed by atoms with Crippen molar-refractivity contribution in [2.75, 3.05) is 0 Å². The van der Waals surface area contributed by atoms with Crippen molar-refractivity contribution in [2.45, 2.75) is 39.3 Å². The van der Waals surface area contributed by atoms with Crippen LogP contribution in [0.1, 0.15) is 43.1 Å². The highest BCUT2D eigenvalue weighted by Gasteiger charge is 2.32. The summed E-state index contributed by atoms with van der Waals surface area (Å²) in [4.78, 5) is 34.0. The van der Waals surface area contributed by atoms with Crippen LogP contribution >= 0.6 is 0 Å². The van der Waals surface area contributed by atoms with Gasteiger partial charge in [-0.25, -0.2) is 4.79 Å². The Bertz CT molecular complexity index is 539. The standard InChI is InChI=1S/C15H20N2O4/c1-4-15(3,14(20)21)17-13(19)12-7-5-11(6-8-12)9-16-10(2)18/h5-8H,4,9H2,1-3H3,(H,16,18)(H,17,19)(H,20,21). The molecule has 0 aliphatic rings. The van der Waals surface area contributed by atoms with Gasteiger partial charge in [0.15, 0.2) is 0 Å². The number of amides is 2. The zero-order valence-electron chi connectivity index (χ0n) is 12.4. The highest BCUT2D eigenvalue weighted by atomic mass is 16.4. The third-order valence-electron chi connectivity index (χ3n) is 3.33. The molecule has 0 saturated heterocycles. The Morgan fingerprint density at radius 2 is 1.76 bits per heavy atom. The summed E-state index contributed by atoms with van der Waals surface area (Å²) in [5.41, 5.74) is -0.0490. The predicted molar refractivity (Wildman–Crippen MR) is 77.8 cm³/mol. The second kappa shape index (κ2) is 6.88. The number of carboxylic acid groups (broad SMARTS) is 1. The van der Waals surface area contributed by atoms with Crippen LogP contribution in [-0.4, -0.2) is 28.4 Å². The fourth-order valence-electron chi connectivity index (χ4n) is 1.62. The summed E-state index contributed by atoms with van der Waals surface area (Å²) >= 11 is 0. The van der Waals surface area contributed by atoms with Crippen LogP contribution in [0.25, 0.3) is 0 Å². The largest absolute Gasteiger partial charge is 0.480 e. The third-order valence-corrected chi connectivity index (χ3v) is 3.33. The van der Waals surface area contributed by atoms with Crippen molar-refractivity contribution in [1.29, 1.82) is 0 Å². The maximum absolute atomic E-state index is 12.1. The molecular formula is C15H20N2O4. The van der Waals surface area contributed by atoms with Crippen molar-refractivity contribution in [2.24, 2.45) is 0 Å². The van der Waals surface area contributed by atoms with Gasteiger partial charge in [-0.05, 0) is 31.0 Å². The molecule has 0 saturated carbocycles. The van der Waals surface area contributed by atoms with Crippen LogP contribution in [-0.2, 0) is 16.1 Å². The van der Waals surface area contributed by atoms with Gasteiger partial charge in [0.2, 0.25) is 5.91 Å². The van der Waals surface area contributed by atoms with Gasteiger partial charge < -0.3 is 15.7 Å². The Morgan fingerprint density at radius 3 is 2.19 bits per heavy atom. The molecule has 0 aliphatic carbocycles. The summed E-state index contributed by atoms with van der Waals surface area (Å²) in [6.45, 7) is 4.99. The zero-order valence-corrected chi connectivity index (χ0v) is 12.4. The van der Waals surface area contributed by atoms with E-state index in [0.29, 0.717) is 12.1 Å². The average Bonchev–Trinajstić information content (AvgIpc) is 2.45. The van der Waals surface area contributed by atoms with E-state index in [2.05, 4.69) is 10.6 Å². The van der Waals surface area contributed by atoms with Crippen LogP contribution in [0.2, 0.25) is 0 Å². The topological polar surface area (TPSA) is 95.5 Å². The van der Waals surface area contributed by atoms with Crippen LogP contribution in [0.5, 0.6) is 0 Å². The first kappa shape index (κ1) is 16.7. The third kappa shape index (κ3) is 4.59. The van der Waals surface area contributed by atoms with Gasteiger partial charge in [0.25, 0.3) is 5.91 Å².